The highest BCUT2D eigenvalue weighted by Gasteiger charge is 2.35. The lowest BCUT2D eigenvalue weighted by molar-refractivity contribution is -0.137. The normalized spacial score (nSPS) is 13.7. The number of furan rings is 1. The van der Waals surface area contributed by atoms with Crippen molar-refractivity contribution >= 4 is 22.9 Å². The summed E-state index contributed by atoms with van der Waals surface area (Å²) in [4.78, 5) is 3.85. The molecule has 0 saturated carbocycles. The van der Waals surface area contributed by atoms with Crippen molar-refractivity contribution in [2.75, 3.05) is 6.54 Å². The van der Waals surface area contributed by atoms with E-state index >= 15 is 0 Å². The number of aromatic nitrogens is 1. The summed E-state index contributed by atoms with van der Waals surface area (Å²) in [7, 11) is 0. The van der Waals surface area contributed by atoms with Crippen LogP contribution in [0.2, 0.25) is 5.22 Å². The second kappa shape index (κ2) is 5.52. The number of nitrogens with one attached hydrogen (secondary N) is 1. The molecule has 2 heterocycles. The van der Waals surface area contributed by atoms with Gasteiger partial charge in [-0.2, -0.15) is 13.2 Å². The van der Waals surface area contributed by atoms with Gasteiger partial charge in [-0.05, 0) is 24.2 Å². The first-order valence-corrected chi connectivity index (χ1v) is 6.62. The van der Waals surface area contributed by atoms with Crippen LogP contribution in [-0.2, 0) is 6.18 Å². The molecule has 8 heteroatoms. The Morgan fingerprint density at radius 1 is 1.53 bits per heavy atom. The van der Waals surface area contributed by atoms with E-state index in [9.17, 15) is 13.2 Å². The summed E-state index contributed by atoms with van der Waals surface area (Å²) in [5.41, 5.74) is 0.598. The van der Waals surface area contributed by atoms with Crippen molar-refractivity contribution in [2.45, 2.75) is 19.1 Å². The van der Waals surface area contributed by atoms with E-state index in [-0.39, 0.29) is 5.22 Å². The minimum absolute atomic E-state index is 0.160. The molecule has 1 unspecified atom stereocenters. The van der Waals surface area contributed by atoms with Crippen LogP contribution in [0.5, 0.6) is 0 Å². The van der Waals surface area contributed by atoms with Gasteiger partial charge in [0.2, 0.25) is 0 Å². The van der Waals surface area contributed by atoms with Crippen LogP contribution in [0.4, 0.5) is 13.2 Å². The van der Waals surface area contributed by atoms with Gasteiger partial charge >= 0.3 is 6.18 Å². The van der Waals surface area contributed by atoms with Crippen LogP contribution >= 0.6 is 22.9 Å². The molecule has 0 saturated heterocycles. The van der Waals surface area contributed by atoms with E-state index in [1.54, 1.807) is 6.07 Å². The van der Waals surface area contributed by atoms with Gasteiger partial charge in [-0.25, -0.2) is 4.98 Å². The second-order valence-electron chi connectivity index (χ2n) is 3.71. The molecule has 1 N–H and O–H groups in total. The fraction of sp³-hybridized carbons (Fsp3) is 0.364. The molecule has 2 aromatic rings. The lowest BCUT2D eigenvalue weighted by Gasteiger charge is -2.14. The zero-order valence-electron chi connectivity index (χ0n) is 9.79. The third kappa shape index (κ3) is 3.10. The molecule has 2 aromatic heterocycles. The van der Waals surface area contributed by atoms with E-state index in [2.05, 4.69) is 10.3 Å². The minimum Gasteiger partial charge on any atom is -0.453 e. The summed E-state index contributed by atoms with van der Waals surface area (Å²) in [6.45, 7) is 2.43. The number of halogens is 4. The van der Waals surface area contributed by atoms with Crippen molar-refractivity contribution in [3.8, 4) is 0 Å². The van der Waals surface area contributed by atoms with Crippen LogP contribution in [-0.4, -0.2) is 11.5 Å². The molecule has 0 aromatic carbocycles. The smallest absolute Gasteiger partial charge is 0.443 e. The van der Waals surface area contributed by atoms with Crippen LogP contribution in [0.25, 0.3) is 0 Å². The van der Waals surface area contributed by atoms with Gasteiger partial charge in [0.25, 0.3) is 0 Å². The van der Waals surface area contributed by atoms with Crippen molar-refractivity contribution in [3.63, 3.8) is 0 Å². The molecule has 104 valence electrons. The fourth-order valence-electron chi connectivity index (χ4n) is 1.63. The quantitative estimate of drug-likeness (QED) is 0.923. The summed E-state index contributed by atoms with van der Waals surface area (Å²) >= 11 is 6.47. The second-order valence-corrected chi connectivity index (χ2v) is 5.11. The van der Waals surface area contributed by atoms with Crippen LogP contribution < -0.4 is 5.32 Å². The van der Waals surface area contributed by atoms with Gasteiger partial charge in [-0.15, -0.1) is 11.3 Å². The molecule has 0 bridgehead atoms. The van der Waals surface area contributed by atoms with Crippen LogP contribution in [0.3, 0.4) is 0 Å². The van der Waals surface area contributed by atoms with E-state index in [1.165, 1.54) is 12.5 Å². The predicted octanol–water partition coefficient (Wildman–Crippen LogP) is 4.11. The number of nitrogens with zero attached hydrogens (tertiary/aromatic N) is 1. The van der Waals surface area contributed by atoms with Gasteiger partial charge in [0.05, 0.1) is 12.3 Å². The molecule has 0 aliphatic carbocycles. The first-order chi connectivity index (χ1) is 8.93. The summed E-state index contributed by atoms with van der Waals surface area (Å²) in [6.07, 6.45) is -1.82. The monoisotopic (exact) mass is 310 g/mol. The number of hydrogen-bond acceptors (Lipinski definition) is 4. The van der Waals surface area contributed by atoms with Crippen LogP contribution in [0.1, 0.15) is 28.4 Å². The number of rotatable bonds is 4. The SMILES string of the molecule is CCNC(c1cnc(C(F)(F)F)s1)c1ccoc1Cl. The molecule has 1 atom stereocenters. The highest BCUT2D eigenvalue weighted by molar-refractivity contribution is 7.11. The van der Waals surface area contributed by atoms with E-state index < -0.39 is 17.2 Å². The standard InChI is InChI=1S/C11H10ClF3N2OS/c1-2-16-8(6-3-4-18-9(6)12)7-5-17-10(19-7)11(13,14)15/h3-5,8,16H,2H2,1H3. The Kier molecular flexibility index (Phi) is 4.17. The first-order valence-electron chi connectivity index (χ1n) is 5.42. The first kappa shape index (κ1) is 14.4. The number of hydrogen-bond donors (Lipinski definition) is 1. The molecule has 3 nitrogen and oxygen atoms in total. The minimum atomic E-state index is -4.43. The summed E-state index contributed by atoms with van der Waals surface area (Å²) in [5.74, 6) is 0. The van der Waals surface area contributed by atoms with Crippen molar-refractivity contribution in [2.24, 2.45) is 0 Å². The highest BCUT2D eigenvalue weighted by atomic mass is 35.5. The van der Waals surface area contributed by atoms with E-state index in [1.807, 2.05) is 6.92 Å². The predicted molar refractivity (Wildman–Crippen MR) is 66.4 cm³/mol. The zero-order valence-corrected chi connectivity index (χ0v) is 11.4. The Hall–Kier alpha value is -1.05. The molecular formula is C11H10ClF3N2OS. The zero-order chi connectivity index (χ0) is 14.0. The van der Waals surface area contributed by atoms with E-state index in [0.29, 0.717) is 28.3 Å². The van der Waals surface area contributed by atoms with Crippen molar-refractivity contribution in [1.29, 1.82) is 0 Å². The molecule has 0 radical (unpaired) electrons. The summed E-state index contributed by atoms with van der Waals surface area (Å²) in [5, 5.41) is 2.36. The Morgan fingerprint density at radius 2 is 2.26 bits per heavy atom. The molecular weight excluding hydrogens is 301 g/mol. The summed E-state index contributed by atoms with van der Waals surface area (Å²) < 4.78 is 42.6. The maximum atomic E-state index is 12.6. The van der Waals surface area contributed by atoms with E-state index in [0.717, 1.165) is 0 Å². The topological polar surface area (TPSA) is 38.1 Å². The Labute approximate surface area is 116 Å². The molecule has 0 aliphatic rings. The molecule has 19 heavy (non-hydrogen) atoms. The van der Waals surface area contributed by atoms with Crippen LogP contribution in [0.15, 0.2) is 22.9 Å². The van der Waals surface area contributed by atoms with Gasteiger partial charge in [0.1, 0.15) is 0 Å². The van der Waals surface area contributed by atoms with Gasteiger partial charge in [0, 0.05) is 16.6 Å². The average molecular weight is 311 g/mol. The molecule has 2 rings (SSSR count). The number of thiazole rings is 1. The molecule has 0 fully saturated rings. The summed E-state index contributed by atoms with van der Waals surface area (Å²) in [6, 6.07) is 1.17. The van der Waals surface area contributed by atoms with Crippen LogP contribution in [0, 0.1) is 0 Å². The van der Waals surface area contributed by atoms with Gasteiger partial charge in [-0.1, -0.05) is 6.92 Å². The van der Waals surface area contributed by atoms with Gasteiger partial charge in [-0.3, -0.25) is 0 Å². The fourth-order valence-corrected chi connectivity index (χ4v) is 2.73. The van der Waals surface area contributed by atoms with Gasteiger partial charge < -0.3 is 9.73 Å². The Balaban J connectivity index is 2.35. The lowest BCUT2D eigenvalue weighted by atomic mass is 10.1. The Bertz CT molecular complexity index is 552. The average Bonchev–Trinajstić information content (AvgIpc) is 2.94. The number of alkyl halides is 3. The molecule has 0 amide bonds. The third-order valence-electron chi connectivity index (χ3n) is 2.42. The lowest BCUT2D eigenvalue weighted by Crippen LogP contribution is -2.20. The van der Waals surface area contributed by atoms with E-state index in [4.69, 9.17) is 16.0 Å². The van der Waals surface area contributed by atoms with Crippen molar-refractivity contribution < 1.29 is 17.6 Å². The van der Waals surface area contributed by atoms with Gasteiger partial charge in [0.15, 0.2) is 10.2 Å². The molecule has 0 spiro atoms. The molecule has 0 aliphatic heterocycles. The maximum absolute atomic E-state index is 12.6. The van der Waals surface area contributed by atoms with Crippen molar-refractivity contribution in [1.82, 2.24) is 10.3 Å². The Morgan fingerprint density at radius 3 is 2.74 bits per heavy atom. The van der Waals surface area contributed by atoms with Crippen molar-refractivity contribution in [3.05, 3.63) is 39.2 Å². The maximum Gasteiger partial charge on any atom is 0.443 e. The highest BCUT2D eigenvalue weighted by Crippen LogP contribution is 2.37. The third-order valence-corrected chi connectivity index (χ3v) is 3.83. The largest absolute Gasteiger partial charge is 0.453 e.